The predicted octanol–water partition coefficient (Wildman–Crippen LogP) is 3.22. The van der Waals surface area contributed by atoms with E-state index in [9.17, 15) is 0 Å². The SMILES string of the molecule is CCC(CC)CC(CCC(C)OC)NC. The van der Waals surface area contributed by atoms with E-state index in [4.69, 9.17) is 4.74 Å². The highest BCUT2D eigenvalue weighted by Crippen LogP contribution is 2.18. The van der Waals surface area contributed by atoms with Crippen LogP contribution in [0.2, 0.25) is 0 Å². The average Bonchev–Trinajstić information content (AvgIpc) is 2.29. The van der Waals surface area contributed by atoms with Gasteiger partial charge >= 0.3 is 0 Å². The molecule has 0 radical (unpaired) electrons. The zero-order valence-corrected chi connectivity index (χ0v) is 11.2. The van der Waals surface area contributed by atoms with Crippen LogP contribution in [0.5, 0.6) is 0 Å². The molecule has 0 aromatic heterocycles. The van der Waals surface area contributed by atoms with Gasteiger partial charge in [0.05, 0.1) is 6.10 Å². The fourth-order valence-electron chi connectivity index (χ4n) is 1.96. The van der Waals surface area contributed by atoms with Crippen LogP contribution in [0, 0.1) is 5.92 Å². The lowest BCUT2D eigenvalue weighted by molar-refractivity contribution is 0.105. The zero-order valence-electron chi connectivity index (χ0n) is 11.2. The Balaban J connectivity index is 3.80. The standard InChI is InChI=1S/C13H29NO/c1-6-12(7-2)10-13(14-4)9-8-11(3)15-5/h11-14H,6-10H2,1-5H3. The molecule has 0 amide bonds. The Kier molecular flexibility index (Phi) is 9.12. The molecule has 0 spiro atoms. The summed E-state index contributed by atoms with van der Waals surface area (Å²) in [6.07, 6.45) is 6.68. The molecule has 0 bridgehead atoms. The Labute approximate surface area is 95.8 Å². The molecule has 0 rings (SSSR count). The predicted molar refractivity (Wildman–Crippen MR) is 67.2 cm³/mol. The van der Waals surface area contributed by atoms with Crippen molar-refractivity contribution in [2.75, 3.05) is 14.2 Å². The van der Waals surface area contributed by atoms with Gasteiger partial charge in [-0.2, -0.15) is 0 Å². The highest BCUT2D eigenvalue weighted by atomic mass is 16.5. The lowest BCUT2D eigenvalue weighted by atomic mass is 9.92. The summed E-state index contributed by atoms with van der Waals surface area (Å²) in [5, 5.41) is 3.43. The largest absolute Gasteiger partial charge is 0.382 e. The van der Waals surface area contributed by atoms with Gasteiger partial charge in [-0.1, -0.05) is 26.7 Å². The number of hydrogen-bond donors (Lipinski definition) is 1. The molecule has 0 aromatic rings. The van der Waals surface area contributed by atoms with E-state index >= 15 is 0 Å². The Bertz CT molecular complexity index is 134. The van der Waals surface area contributed by atoms with E-state index in [0.29, 0.717) is 12.1 Å². The van der Waals surface area contributed by atoms with Crippen molar-refractivity contribution in [3.8, 4) is 0 Å². The fraction of sp³-hybridized carbons (Fsp3) is 1.00. The summed E-state index contributed by atoms with van der Waals surface area (Å²) >= 11 is 0. The quantitative estimate of drug-likeness (QED) is 0.637. The number of ether oxygens (including phenoxy) is 1. The average molecular weight is 215 g/mol. The van der Waals surface area contributed by atoms with E-state index in [1.165, 1.54) is 25.7 Å². The van der Waals surface area contributed by atoms with E-state index in [2.05, 4.69) is 33.1 Å². The van der Waals surface area contributed by atoms with Gasteiger partial charge in [-0.25, -0.2) is 0 Å². The third-order valence-electron chi connectivity index (χ3n) is 3.50. The summed E-state index contributed by atoms with van der Waals surface area (Å²) in [7, 11) is 3.87. The van der Waals surface area contributed by atoms with Gasteiger partial charge < -0.3 is 10.1 Å². The third-order valence-corrected chi connectivity index (χ3v) is 3.50. The molecule has 2 atom stereocenters. The lowest BCUT2D eigenvalue weighted by Gasteiger charge is -2.22. The highest BCUT2D eigenvalue weighted by molar-refractivity contribution is 4.70. The monoisotopic (exact) mass is 215 g/mol. The van der Waals surface area contributed by atoms with Gasteiger partial charge in [-0.15, -0.1) is 0 Å². The van der Waals surface area contributed by atoms with Crippen LogP contribution >= 0.6 is 0 Å². The Morgan fingerprint density at radius 1 is 1.13 bits per heavy atom. The Morgan fingerprint density at radius 3 is 2.13 bits per heavy atom. The molecule has 1 N–H and O–H groups in total. The second-order valence-electron chi connectivity index (χ2n) is 4.53. The first-order valence-corrected chi connectivity index (χ1v) is 6.37. The summed E-state index contributed by atoms with van der Waals surface area (Å²) in [5.41, 5.74) is 0. The first kappa shape index (κ1) is 14.9. The third kappa shape index (κ3) is 6.91. The van der Waals surface area contributed by atoms with Crippen LogP contribution in [0.15, 0.2) is 0 Å². The van der Waals surface area contributed by atoms with Crippen LogP contribution in [0.3, 0.4) is 0 Å². The van der Waals surface area contributed by atoms with Crippen LogP contribution in [0.1, 0.15) is 52.9 Å². The van der Waals surface area contributed by atoms with Gasteiger partial charge in [0.1, 0.15) is 0 Å². The summed E-state index contributed by atoms with van der Waals surface area (Å²) < 4.78 is 5.27. The van der Waals surface area contributed by atoms with Gasteiger partial charge in [-0.05, 0) is 39.2 Å². The number of hydrogen-bond acceptors (Lipinski definition) is 2. The van der Waals surface area contributed by atoms with E-state index in [1.54, 1.807) is 7.11 Å². The van der Waals surface area contributed by atoms with Crippen molar-refractivity contribution >= 4 is 0 Å². The molecule has 0 heterocycles. The lowest BCUT2D eigenvalue weighted by Crippen LogP contribution is -2.28. The highest BCUT2D eigenvalue weighted by Gasteiger charge is 2.13. The smallest absolute Gasteiger partial charge is 0.0543 e. The minimum absolute atomic E-state index is 0.391. The molecule has 0 aliphatic heterocycles. The fourth-order valence-corrected chi connectivity index (χ4v) is 1.96. The molecule has 2 nitrogen and oxygen atoms in total. The normalized spacial score (nSPS) is 15.6. The molecule has 0 saturated carbocycles. The first-order valence-electron chi connectivity index (χ1n) is 6.37. The molecule has 0 aliphatic rings. The molecule has 15 heavy (non-hydrogen) atoms. The van der Waals surface area contributed by atoms with Crippen molar-refractivity contribution in [1.29, 1.82) is 0 Å². The van der Waals surface area contributed by atoms with Crippen molar-refractivity contribution in [2.45, 2.75) is 65.0 Å². The van der Waals surface area contributed by atoms with Crippen LogP contribution in [0.4, 0.5) is 0 Å². The first-order chi connectivity index (χ1) is 7.17. The van der Waals surface area contributed by atoms with Crippen molar-refractivity contribution < 1.29 is 4.74 Å². The minimum Gasteiger partial charge on any atom is -0.382 e. The van der Waals surface area contributed by atoms with Crippen molar-refractivity contribution in [3.05, 3.63) is 0 Å². The maximum absolute atomic E-state index is 5.27. The second kappa shape index (κ2) is 9.17. The molecular formula is C13H29NO. The number of nitrogens with one attached hydrogen (secondary N) is 1. The Morgan fingerprint density at radius 2 is 1.73 bits per heavy atom. The molecule has 0 aromatic carbocycles. The number of methoxy groups -OCH3 is 1. The van der Waals surface area contributed by atoms with E-state index in [-0.39, 0.29) is 0 Å². The molecule has 92 valence electrons. The van der Waals surface area contributed by atoms with Crippen LogP contribution in [-0.4, -0.2) is 26.3 Å². The van der Waals surface area contributed by atoms with E-state index < -0.39 is 0 Å². The van der Waals surface area contributed by atoms with Crippen molar-refractivity contribution in [3.63, 3.8) is 0 Å². The maximum Gasteiger partial charge on any atom is 0.0543 e. The molecule has 2 heteroatoms. The van der Waals surface area contributed by atoms with Gasteiger partial charge in [-0.3, -0.25) is 0 Å². The van der Waals surface area contributed by atoms with Crippen LogP contribution < -0.4 is 5.32 Å². The van der Waals surface area contributed by atoms with Gasteiger partial charge in [0.25, 0.3) is 0 Å². The van der Waals surface area contributed by atoms with Crippen molar-refractivity contribution in [1.82, 2.24) is 5.32 Å². The van der Waals surface area contributed by atoms with Crippen LogP contribution in [-0.2, 0) is 4.74 Å². The summed E-state index contributed by atoms with van der Waals surface area (Å²) in [6, 6.07) is 0.660. The summed E-state index contributed by atoms with van der Waals surface area (Å²) in [4.78, 5) is 0. The van der Waals surface area contributed by atoms with Gasteiger partial charge in [0, 0.05) is 13.2 Å². The van der Waals surface area contributed by atoms with E-state index in [1.807, 2.05) is 0 Å². The summed E-state index contributed by atoms with van der Waals surface area (Å²) in [5.74, 6) is 0.875. The molecule has 0 saturated heterocycles. The maximum atomic E-state index is 5.27. The van der Waals surface area contributed by atoms with Crippen molar-refractivity contribution in [2.24, 2.45) is 5.92 Å². The van der Waals surface area contributed by atoms with Gasteiger partial charge in [0.15, 0.2) is 0 Å². The van der Waals surface area contributed by atoms with E-state index in [0.717, 1.165) is 12.3 Å². The zero-order chi connectivity index (χ0) is 11.7. The number of rotatable bonds is 9. The molecule has 2 unspecified atom stereocenters. The van der Waals surface area contributed by atoms with Crippen LogP contribution in [0.25, 0.3) is 0 Å². The minimum atomic E-state index is 0.391. The Hall–Kier alpha value is -0.0800. The molecular weight excluding hydrogens is 186 g/mol. The topological polar surface area (TPSA) is 21.3 Å². The molecule has 0 fully saturated rings. The molecule has 0 aliphatic carbocycles. The second-order valence-corrected chi connectivity index (χ2v) is 4.53. The van der Waals surface area contributed by atoms with Gasteiger partial charge in [0.2, 0.25) is 0 Å². The summed E-state index contributed by atoms with van der Waals surface area (Å²) in [6.45, 7) is 6.72.